The number of nitrogens with one attached hydrogen (secondary N) is 2. The molecule has 0 atom stereocenters. The van der Waals surface area contributed by atoms with Crippen molar-refractivity contribution in [3.8, 4) is 0 Å². The molecule has 1 aromatic heterocycles. The van der Waals surface area contributed by atoms with E-state index in [4.69, 9.17) is 0 Å². The van der Waals surface area contributed by atoms with Gasteiger partial charge >= 0.3 is 5.69 Å². The fourth-order valence-corrected chi connectivity index (χ4v) is 1.02. The molecule has 0 aliphatic heterocycles. The van der Waals surface area contributed by atoms with Crippen molar-refractivity contribution in [2.24, 2.45) is 0 Å². The normalized spacial score (nSPS) is 11.9. The van der Waals surface area contributed by atoms with Crippen molar-refractivity contribution in [2.75, 3.05) is 0 Å². The molecule has 0 aromatic carbocycles. The molecule has 0 saturated heterocycles. The third kappa shape index (κ3) is 2.48. The lowest BCUT2D eigenvalue weighted by molar-refractivity contribution is 1.18. The molecular formula is C11H12N2O. The summed E-state index contributed by atoms with van der Waals surface area (Å²) < 4.78 is 0. The molecule has 0 radical (unpaired) electrons. The molecule has 1 rings (SSSR count). The Balaban J connectivity index is 3.06. The number of rotatable bonds is 4. The van der Waals surface area contributed by atoms with Gasteiger partial charge in [-0.25, -0.2) is 4.79 Å². The fourth-order valence-electron chi connectivity index (χ4n) is 1.02. The van der Waals surface area contributed by atoms with E-state index in [0.29, 0.717) is 0 Å². The second-order valence-electron chi connectivity index (χ2n) is 2.61. The van der Waals surface area contributed by atoms with Crippen molar-refractivity contribution in [3.63, 3.8) is 0 Å². The van der Waals surface area contributed by atoms with E-state index in [0.717, 1.165) is 11.3 Å². The Labute approximate surface area is 82.2 Å². The molecule has 3 heteroatoms. The molecule has 0 unspecified atom stereocenters. The predicted molar refractivity (Wildman–Crippen MR) is 58.9 cm³/mol. The summed E-state index contributed by atoms with van der Waals surface area (Å²) >= 11 is 0. The van der Waals surface area contributed by atoms with Crippen LogP contribution in [-0.4, -0.2) is 9.97 Å². The highest BCUT2D eigenvalue weighted by atomic mass is 16.1. The molecule has 0 amide bonds. The van der Waals surface area contributed by atoms with E-state index in [-0.39, 0.29) is 5.69 Å². The number of allylic oxidation sites excluding steroid dienone is 6. The van der Waals surface area contributed by atoms with Gasteiger partial charge < -0.3 is 9.97 Å². The van der Waals surface area contributed by atoms with E-state index in [9.17, 15) is 4.79 Å². The van der Waals surface area contributed by atoms with Gasteiger partial charge in [-0.3, -0.25) is 0 Å². The van der Waals surface area contributed by atoms with E-state index in [1.165, 1.54) is 0 Å². The Morgan fingerprint density at radius 3 is 2.64 bits per heavy atom. The van der Waals surface area contributed by atoms with Crippen LogP contribution in [0.3, 0.4) is 0 Å². The lowest BCUT2D eigenvalue weighted by atomic mass is 10.1. The predicted octanol–water partition coefficient (Wildman–Crippen LogP) is 2.01. The lowest BCUT2D eigenvalue weighted by Crippen LogP contribution is -2.00. The average molecular weight is 188 g/mol. The SMILES string of the molecule is C=C/C=C\C(=C/C=C)c1c[nH]c(=O)[nH]1. The maximum atomic E-state index is 10.9. The summed E-state index contributed by atoms with van der Waals surface area (Å²) in [4.78, 5) is 16.1. The first-order valence-corrected chi connectivity index (χ1v) is 4.18. The van der Waals surface area contributed by atoms with Crippen molar-refractivity contribution in [1.29, 1.82) is 0 Å². The fraction of sp³-hybridized carbons (Fsp3) is 0. The molecule has 0 fully saturated rings. The summed E-state index contributed by atoms with van der Waals surface area (Å²) in [6, 6.07) is 0. The van der Waals surface area contributed by atoms with Crippen molar-refractivity contribution in [2.45, 2.75) is 0 Å². The molecule has 2 N–H and O–H groups in total. The maximum absolute atomic E-state index is 10.9. The summed E-state index contributed by atoms with van der Waals surface area (Å²) in [7, 11) is 0. The van der Waals surface area contributed by atoms with Crippen LogP contribution in [0.4, 0.5) is 0 Å². The van der Waals surface area contributed by atoms with Gasteiger partial charge in [0.1, 0.15) is 0 Å². The lowest BCUT2D eigenvalue weighted by Gasteiger charge is -1.94. The van der Waals surface area contributed by atoms with Crippen LogP contribution in [0.15, 0.2) is 54.5 Å². The van der Waals surface area contributed by atoms with Gasteiger partial charge in [0.05, 0.1) is 5.69 Å². The largest absolute Gasteiger partial charge is 0.323 e. The quantitative estimate of drug-likeness (QED) is 0.698. The zero-order valence-corrected chi connectivity index (χ0v) is 7.79. The number of imidazole rings is 1. The van der Waals surface area contributed by atoms with Crippen LogP contribution in [-0.2, 0) is 0 Å². The van der Waals surface area contributed by atoms with Crippen LogP contribution in [0.5, 0.6) is 0 Å². The average Bonchev–Trinajstić information content (AvgIpc) is 2.59. The van der Waals surface area contributed by atoms with Gasteiger partial charge in [0.2, 0.25) is 0 Å². The maximum Gasteiger partial charge on any atom is 0.323 e. The first-order chi connectivity index (χ1) is 6.77. The standard InChI is InChI=1S/C11H12N2O/c1-3-5-7-9(6-4-2)10-8-12-11(14)13-10/h3-8H,1-2H2,(H2,12,13,14)/b7-5-,9-6+. The summed E-state index contributed by atoms with van der Waals surface area (Å²) in [5.41, 5.74) is 1.38. The van der Waals surface area contributed by atoms with E-state index in [1.54, 1.807) is 30.5 Å². The zero-order chi connectivity index (χ0) is 10.4. The third-order valence-electron chi connectivity index (χ3n) is 1.62. The molecule has 3 nitrogen and oxygen atoms in total. The van der Waals surface area contributed by atoms with Gasteiger partial charge in [0, 0.05) is 6.20 Å². The second-order valence-corrected chi connectivity index (χ2v) is 2.61. The van der Waals surface area contributed by atoms with E-state index >= 15 is 0 Å². The first-order valence-electron chi connectivity index (χ1n) is 4.18. The van der Waals surface area contributed by atoms with E-state index < -0.39 is 0 Å². The molecule has 1 heterocycles. The van der Waals surface area contributed by atoms with Gasteiger partial charge in [-0.15, -0.1) is 0 Å². The molecule has 1 aromatic rings. The van der Waals surface area contributed by atoms with Crippen molar-refractivity contribution in [1.82, 2.24) is 9.97 Å². The molecule has 14 heavy (non-hydrogen) atoms. The summed E-state index contributed by atoms with van der Waals surface area (Å²) in [6.07, 6.45) is 10.4. The van der Waals surface area contributed by atoms with Crippen molar-refractivity contribution >= 4 is 5.57 Å². The highest BCUT2D eigenvalue weighted by Crippen LogP contribution is 2.10. The Kier molecular flexibility index (Phi) is 3.49. The van der Waals surface area contributed by atoms with Crippen molar-refractivity contribution < 1.29 is 0 Å². The van der Waals surface area contributed by atoms with Crippen LogP contribution >= 0.6 is 0 Å². The first kappa shape index (κ1) is 10.1. The monoisotopic (exact) mass is 188 g/mol. The number of aromatic amines is 2. The molecule has 0 saturated carbocycles. The van der Waals surface area contributed by atoms with Gasteiger partial charge in [-0.2, -0.15) is 0 Å². The van der Waals surface area contributed by atoms with Crippen LogP contribution in [0.1, 0.15) is 5.69 Å². The minimum atomic E-state index is -0.220. The molecule has 0 aliphatic carbocycles. The molecule has 0 bridgehead atoms. The van der Waals surface area contributed by atoms with Crippen LogP contribution in [0.25, 0.3) is 5.57 Å². The van der Waals surface area contributed by atoms with Gasteiger partial charge in [0.25, 0.3) is 0 Å². The van der Waals surface area contributed by atoms with E-state index in [2.05, 4.69) is 23.1 Å². The van der Waals surface area contributed by atoms with Crippen molar-refractivity contribution in [3.05, 3.63) is 65.9 Å². The number of H-pyrrole nitrogens is 2. The van der Waals surface area contributed by atoms with Gasteiger partial charge in [-0.1, -0.05) is 43.5 Å². The summed E-state index contributed by atoms with van der Waals surface area (Å²) in [5, 5.41) is 0. The van der Waals surface area contributed by atoms with Crippen LogP contribution in [0, 0.1) is 0 Å². The van der Waals surface area contributed by atoms with E-state index in [1.807, 2.05) is 6.08 Å². The summed E-state index contributed by atoms with van der Waals surface area (Å²) in [5.74, 6) is 0. The summed E-state index contributed by atoms with van der Waals surface area (Å²) in [6.45, 7) is 7.17. The second kappa shape index (κ2) is 4.87. The Morgan fingerprint density at radius 1 is 1.36 bits per heavy atom. The Hall–Kier alpha value is -2.03. The Bertz CT molecular complexity index is 432. The topological polar surface area (TPSA) is 48.6 Å². The highest BCUT2D eigenvalue weighted by Gasteiger charge is 1.98. The molecule has 0 aliphatic rings. The highest BCUT2D eigenvalue weighted by molar-refractivity contribution is 5.72. The Morgan fingerprint density at radius 2 is 2.14 bits per heavy atom. The number of aromatic nitrogens is 2. The zero-order valence-electron chi connectivity index (χ0n) is 7.79. The minimum absolute atomic E-state index is 0.220. The smallest absolute Gasteiger partial charge is 0.312 e. The van der Waals surface area contributed by atoms with Gasteiger partial charge in [0.15, 0.2) is 0 Å². The molecular weight excluding hydrogens is 176 g/mol. The van der Waals surface area contributed by atoms with Crippen LogP contribution < -0.4 is 5.69 Å². The molecule has 72 valence electrons. The third-order valence-corrected chi connectivity index (χ3v) is 1.62. The number of hydrogen-bond acceptors (Lipinski definition) is 1. The molecule has 0 spiro atoms. The number of hydrogen-bond donors (Lipinski definition) is 2. The van der Waals surface area contributed by atoms with Crippen LogP contribution in [0.2, 0.25) is 0 Å². The minimum Gasteiger partial charge on any atom is -0.312 e. The van der Waals surface area contributed by atoms with Gasteiger partial charge in [-0.05, 0) is 5.57 Å².